The van der Waals surface area contributed by atoms with Crippen molar-refractivity contribution >= 4 is 11.7 Å². The number of morpholine rings is 1. The summed E-state index contributed by atoms with van der Waals surface area (Å²) < 4.78 is 10.7. The Bertz CT molecular complexity index is 602. The molecule has 2 aliphatic heterocycles. The number of carbonyl (C=O) groups is 1. The molecule has 2 heterocycles. The predicted octanol–water partition coefficient (Wildman–Crippen LogP) is 3.11. The largest absolute Gasteiger partial charge is 0.497 e. The molecule has 0 spiro atoms. The van der Waals surface area contributed by atoms with Crippen molar-refractivity contribution in [3.63, 3.8) is 0 Å². The van der Waals surface area contributed by atoms with Crippen LogP contribution in [0.2, 0.25) is 0 Å². The highest BCUT2D eigenvalue weighted by Gasteiger charge is 2.27. The van der Waals surface area contributed by atoms with Crippen molar-refractivity contribution in [2.75, 3.05) is 51.8 Å². The number of anilines is 1. The third kappa shape index (κ3) is 4.89. The zero-order chi connectivity index (χ0) is 18.4. The summed E-state index contributed by atoms with van der Waals surface area (Å²) in [6.45, 7) is 7.53. The van der Waals surface area contributed by atoms with Crippen molar-refractivity contribution in [3.05, 3.63) is 23.8 Å². The first kappa shape index (κ1) is 19.0. The van der Waals surface area contributed by atoms with Gasteiger partial charge in [0, 0.05) is 37.9 Å². The summed E-state index contributed by atoms with van der Waals surface area (Å²) in [6.07, 6.45) is 4.43. The van der Waals surface area contributed by atoms with Gasteiger partial charge in [0.15, 0.2) is 0 Å². The van der Waals surface area contributed by atoms with E-state index in [4.69, 9.17) is 9.47 Å². The van der Waals surface area contributed by atoms with Crippen LogP contribution >= 0.6 is 0 Å². The Kier molecular flexibility index (Phi) is 6.74. The van der Waals surface area contributed by atoms with Gasteiger partial charge in [0.1, 0.15) is 5.75 Å². The van der Waals surface area contributed by atoms with Gasteiger partial charge in [-0.25, -0.2) is 4.79 Å². The number of amides is 2. The van der Waals surface area contributed by atoms with E-state index in [2.05, 4.69) is 10.2 Å². The average molecular weight is 361 g/mol. The molecule has 0 radical (unpaired) electrons. The van der Waals surface area contributed by atoms with Gasteiger partial charge in [-0.15, -0.1) is 0 Å². The molecule has 144 valence electrons. The number of aryl methyl sites for hydroxylation is 1. The van der Waals surface area contributed by atoms with Crippen molar-refractivity contribution < 1.29 is 14.3 Å². The lowest BCUT2D eigenvalue weighted by Crippen LogP contribution is -2.48. The number of likely N-dealkylation sites (tertiary alicyclic amines) is 1. The summed E-state index contributed by atoms with van der Waals surface area (Å²) in [5.74, 6) is 0.807. The van der Waals surface area contributed by atoms with E-state index in [9.17, 15) is 4.79 Å². The molecule has 1 atom stereocenters. The Morgan fingerprint density at radius 1 is 1.27 bits per heavy atom. The zero-order valence-electron chi connectivity index (χ0n) is 16.0. The maximum absolute atomic E-state index is 12.9. The van der Waals surface area contributed by atoms with Gasteiger partial charge < -0.3 is 19.7 Å². The Morgan fingerprint density at radius 3 is 2.81 bits per heavy atom. The van der Waals surface area contributed by atoms with Crippen LogP contribution in [0.4, 0.5) is 10.5 Å². The molecule has 1 N–H and O–H groups in total. The summed E-state index contributed by atoms with van der Waals surface area (Å²) in [7, 11) is 1.65. The smallest absolute Gasteiger partial charge is 0.322 e. The van der Waals surface area contributed by atoms with Crippen molar-refractivity contribution in [1.82, 2.24) is 9.80 Å². The number of carbonyl (C=O) groups excluding carboxylic acids is 1. The Hall–Kier alpha value is -1.79. The number of hydrogen-bond donors (Lipinski definition) is 1. The number of nitrogens with zero attached hydrogens (tertiary/aromatic N) is 2. The first-order chi connectivity index (χ1) is 12.7. The topological polar surface area (TPSA) is 54.0 Å². The summed E-state index contributed by atoms with van der Waals surface area (Å²) in [4.78, 5) is 17.4. The van der Waals surface area contributed by atoms with Crippen LogP contribution < -0.4 is 10.1 Å². The van der Waals surface area contributed by atoms with Gasteiger partial charge in [0.25, 0.3) is 0 Å². The van der Waals surface area contributed by atoms with Gasteiger partial charge in [0.05, 0.1) is 20.3 Å². The molecule has 6 nitrogen and oxygen atoms in total. The van der Waals surface area contributed by atoms with Gasteiger partial charge in [-0.2, -0.15) is 0 Å². The SMILES string of the molecule is COc1ccc(NC(=O)N2CCCCC2CCN2CCOCC2)c(C)c1. The van der Waals surface area contributed by atoms with Crippen LogP contribution in [0, 0.1) is 6.92 Å². The fourth-order valence-electron chi connectivity index (χ4n) is 3.81. The van der Waals surface area contributed by atoms with E-state index >= 15 is 0 Å². The lowest BCUT2D eigenvalue weighted by Gasteiger charge is -2.37. The second-order valence-electron chi connectivity index (χ2n) is 7.20. The number of benzene rings is 1. The monoisotopic (exact) mass is 361 g/mol. The number of methoxy groups -OCH3 is 1. The molecule has 1 aromatic rings. The van der Waals surface area contributed by atoms with Gasteiger partial charge in [0.2, 0.25) is 0 Å². The minimum Gasteiger partial charge on any atom is -0.497 e. The lowest BCUT2D eigenvalue weighted by molar-refractivity contribution is 0.0329. The molecular weight excluding hydrogens is 330 g/mol. The third-order valence-corrected chi connectivity index (χ3v) is 5.45. The van der Waals surface area contributed by atoms with Crippen LogP contribution in [-0.2, 0) is 4.74 Å². The van der Waals surface area contributed by atoms with Crippen LogP contribution in [-0.4, -0.2) is 68.4 Å². The Morgan fingerprint density at radius 2 is 2.08 bits per heavy atom. The van der Waals surface area contributed by atoms with Gasteiger partial charge in [-0.1, -0.05) is 0 Å². The van der Waals surface area contributed by atoms with E-state index in [1.807, 2.05) is 30.0 Å². The maximum Gasteiger partial charge on any atom is 0.322 e. The van der Waals surface area contributed by atoms with E-state index in [0.29, 0.717) is 6.04 Å². The van der Waals surface area contributed by atoms with Gasteiger partial charge in [-0.3, -0.25) is 4.90 Å². The van der Waals surface area contributed by atoms with E-state index in [0.717, 1.165) is 75.7 Å². The number of urea groups is 1. The summed E-state index contributed by atoms with van der Waals surface area (Å²) in [5, 5.41) is 3.10. The van der Waals surface area contributed by atoms with Gasteiger partial charge >= 0.3 is 6.03 Å². The number of nitrogens with one attached hydrogen (secondary N) is 1. The highest BCUT2D eigenvalue weighted by Crippen LogP contribution is 2.24. The molecule has 1 unspecified atom stereocenters. The molecule has 0 aliphatic carbocycles. The first-order valence-electron chi connectivity index (χ1n) is 9.70. The molecular formula is C20H31N3O3. The lowest BCUT2D eigenvalue weighted by atomic mass is 9.99. The van der Waals surface area contributed by atoms with E-state index in [1.54, 1.807) is 7.11 Å². The van der Waals surface area contributed by atoms with E-state index in [-0.39, 0.29) is 6.03 Å². The van der Waals surface area contributed by atoms with Crippen LogP contribution in [0.5, 0.6) is 5.75 Å². The average Bonchev–Trinajstić information content (AvgIpc) is 2.69. The number of hydrogen-bond acceptors (Lipinski definition) is 4. The standard InChI is InChI=1S/C20H31N3O3/c1-16-15-18(25-2)6-7-19(16)21-20(24)23-9-4-3-5-17(23)8-10-22-11-13-26-14-12-22/h6-7,15,17H,3-5,8-14H2,1-2H3,(H,21,24). The van der Waals surface area contributed by atoms with Crippen molar-refractivity contribution in [1.29, 1.82) is 0 Å². The quantitative estimate of drug-likeness (QED) is 0.876. The molecule has 2 saturated heterocycles. The Labute approximate surface area is 156 Å². The van der Waals surface area contributed by atoms with Crippen LogP contribution in [0.1, 0.15) is 31.2 Å². The number of ether oxygens (including phenoxy) is 2. The van der Waals surface area contributed by atoms with E-state index < -0.39 is 0 Å². The zero-order valence-corrected chi connectivity index (χ0v) is 16.0. The summed E-state index contributed by atoms with van der Waals surface area (Å²) in [5.41, 5.74) is 1.87. The highest BCUT2D eigenvalue weighted by molar-refractivity contribution is 5.90. The molecule has 26 heavy (non-hydrogen) atoms. The van der Waals surface area contributed by atoms with Crippen LogP contribution in [0.25, 0.3) is 0 Å². The van der Waals surface area contributed by atoms with Gasteiger partial charge in [-0.05, 0) is 56.4 Å². The van der Waals surface area contributed by atoms with Crippen molar-refractivity contribution in [2.45, 2.75) is 38.6 Å². The fourth-order valence-corrected chi connectivity index (χ4v) is 3.81. The maximum atomic E-state index is 12.9. The Balaban J connectivity index is 1.58. The van der Waals surface area contributed by atoms with Crippen molar-refractivity contribution in [3.8, 4) is 5.75 Å². The molecule has 0 bridgehead atoms. The molecule has 3 rings (SSSR count). The molecule has 1 aromatic carbocycles. The first-order valence-corrected chi connectivity index (χ1v) is 9.70. The number of rotatable bonds is 5. The molecule has 2 amide bonds. The minimum atomic E-state index is 0.0185. The third-order valence-electron chi connectivity index (χ3n) is 5.45. The molecule has 0 saturated carbocycles. The summed E-state index contributed by atoms with van der Waals surface area (Å²) >= 11 is 0. The van der Waals surface area contributed by atoms with Crippen LogP contribution in [0.15, 0.2) is 18.2 Å². The van der Waals surface area contributed by atoms with Crippen LogP contribution in [0.3, 0.4) is 0 Å². The fraction of sp³-hybridized carbons (Fsp3) is 0.650. The minimum absolute atomic E-state index is 0.0185. The second kappa shape index (κ2) is 9.24. The molecule has 6 heteroatoms. The second-order valence-corrected chi connectivity index (χ2v) is 7.20. The normalized spacial score (nSPS) is 21.5. The highest BCUT2D eigenvalue weighted by atomic mass is 16.5. The molecule has 2 fully saturated rings. The predicted molar refractivity (Wildman–Crippen MR) is 103 cm³/mol. The van der Waals surface area contributed by atoms with E-state index in [1.165, 1.54) is 6.42 Å². The molecule has 0 aromatic heterocycles. The summed E-state index contributed by atoms with van der Waals surface area (Å²) in [6, 6.07) is 6.09. The van der Waals surface area contributed by atoms with Crippen molar-refractivity contribution in [2.24, 2.45) is 0 Å². The number of piperidine rings is 1. The molecule has 2 aliphatic rings.